The number of carbonyl (C=O) groups is 1. The molecule has 1 atom stereocenters. The highest BCUT2D eigenvalue weighted by Gasteiger charge is 2.32. The first-order chi connectivity index (χ1) is 16.9. The van der Waals surface area contributed by atoms with Crippen LogP contribution in [0.2, 0.25) is 5.15 Å². The van der Waals surface area contributed by atoms with E-state index in [1.54, 1.807) is 18.2 Å². The number of aromatic nitrogens is 2. The van der Waals surface area contributed by atoms with Gasteiger partial charge in [0.25, 0.3) is 15.9 Å². The molecule has 2 aromatic heterocycles. The molecule has 0 radical (unpaired) electrons. The van der Waals surface area contributed by atoms with E-state index in [-0.39, 0.29) is 26.7 Å². The lowest BCUT2D eigenvalue weighted by Crippen LogP contribution is -2.32. The maximum Gasteiger partial charge on any atom is 0.281 e. The van der Waals surface area contributed by atoms with Crippen LogP contribution in [0.1, 0.15) is 81.4 Å². The zero-order chi connectivity index (χ0) is 26.1. The Morgan fingerprint density at radius 1 is 1.22 bits per heavy atom. The maximum atomic E-state index is 12.9. The predicted octanol–water partition coefficient (Wildman–Crippen LogP) is 4.44. The van der Waals surface area contributed by atoms with Crippen LogP contribution in [-0.2, 0) is 21.9 Å². The third-order valence-corrected chi connectivity index (χ3v) is 8.70. The summed E-state index contributed by atoms with van der Waals surface area (Å²) in [6.07, 6.45) is 5.93. The van der Waals surface area contributed by atoms with E-state index in [2.05, 4.69) is 53.0 Å². The second-order valence-corrected chi connectivity index (χ2v) is 13.3. The van der Waals surface area contributed by atoms with E-state index in [0.29, 0.717) is 18.3 Å². The average molecular weight is 534 g/mol. The molecule has 0 unspecified atom stereocenters. The first-order valence-electron chi connectivity index (χ1n) is 12.6. The number of sulfonamides is 1. The summed E-state index contributed by atoms with van der Waals surface area (Å²) in [5, 5.41) is 6.50. The van der Waals surface area contributed by atoms with Crippen molar-refractivity contribution in [2.45, 2.75) is 82.2 Å². The van der Waals surface area contributed by atoms with Gasteiger partial charge in [0, 0.05) is 17.5 Å². The van der Waals surface area contributed by atoms with Crippen molar-refractivity contribution in [2.24, 2.45) is 5.92 Å². The van der Waals surface area contributed by atoms with Gasteiger partial charge in [-0.05, 0) is 88.6 Å². The van der Waals surface area contributed by atoms with Gasteiger partial charge in [0.2, 0.25) is 0 Å². The van der Waals surface area contributed by atoms with Crippen LogP contribution in [0.4, 0.5) is 5.82 Å². The summed E-state index contributed by atoms with van der Waals surface area (Å²) in [5.41, 5.74) is 1.91. The quantitative estimate of drug-likeness (QED) is 0.339. The van der Waals surface area contributed by atoms with Crippen molar-refractivity contribution in [1.82, 2.24) is 20.0 Å². The van der Waals surface area contributed by atoms with Crippen LogP contribution in [0, 0.1) is 5.92 Å². The molecule has 0 bridgehead atoms. The van der Waals surface area contributed by atoms with Gasteiger partial charge in [-0.3, -0.25) is 4.79 Å². The molecule has 0 saturated carbocycles. The molecule has 36 heavy (non-hydrogen) atoms. The number of hydrogen-bond acceptors (Lipinski definition) is 7. The van der Waals surface area contributed by atoms with Crippen LogP contribution in [0.25, 0.3) is 0 Å². The van der Waals surface area contributed by atoms with Crippen LogP contribution in [0.5, 0.6) is 0 Å². The molecule has 2 aliphatic rings. The number of rotatable bonds is 8. The summed E-state index contributed by atoms with van der Waals surface area (Å²) < 4.78 is 28.0. The number of aryl methyl sites for hydroxylation is 1. The summed E-state index contributed by atoms with van der Waals surface area (Å²) in [6, 6.07) is 6.35. The number of anilines is 1. The number of amides is 1. The largest absolute Gasteiger partial charge is 0.370 e. The number of halogens is 1. The van der Waals surface area contributed by atoms with Crippen molar-refractivity contribution in [1.29, 1.82) is 0 Å². The van der Waals surface area contributed by atoms with Crippen molar-refractivity contribution in [3.63, 3.8) is 0 Å². The van der Waals surface area contributed by atoms with Crippen LogP contribution in [-0.4, -0.2) is 42.9 Å². The fraction of sp³-hybridized carbons (Fsp3) is 0.577. The molecule has 3 heterocycles. The lowest BCUT2D eigenvalue weighted by Gasteiger charge is -2.31. The van der Waals surface area contributed by atoms with Crippen LogP contribution >= 0.6 is 11.6 Å². The van der Waals surface area contributed by atoms with E-state index in [0.717, 1.165) is 56.3 Å². The van der Waals surface area contributed by atoms with E-state index >= 15 is 0 Å². The van der Waals surface area contributed by atoms with Crippen molar-refractivity contribution in [2.75, 3.05) is 18.4 Å². The minimum absolute atomic E-state index is 0.000603. The Balaban J connectivity index is 1.39. The highest BCUT2D eigenvalue weighted by molar-refractivity contribution is 7.90. The fourth-order valence-corrected chi connectivity index (χ4v) is 6.46. The Labute approximate surface area is 219 Å². The number of hydrogen-bond donors (Lipinski definition) is 3. The van der Waals surface area contributed by atoms with Gasteiger partial charge in [-0.1, -0.05) is 31.5 Å². The van der Waals surface area contributed by atoms with Crippen LogP contribution in [0.15, 0.2) is 29.3 Å². The van der Waals surface area contributed by atoms with E-state index in [1.807, 2.05) is 0 Å². The van der Waals surface area contributed by atoms with Gasteiger partial charge in [-0.15, -0.1) is 0 Å². The van der Waals surface area contributed by atoms with Crippen LogP contribution < -0.4 is 15.4 Å². The van der Waals surface area contributed by atoms with Gasteiger partial charge in [-0.2, -0.15) is 8.42 Å². The second kappa shape index (κ2) is 10.3. The molecule has 8 nitrogen and oxygen atoms in total. The molecular formula is C26H36ClN5O3S. The monoisotopic (exact) mass is 533 g/mol. The molecule has 1 aliphatic carbocycles. The van der Waals surface area contributed by atoms with Crippen LogP contribution in [0.3, 0.4) is 0 Å². The Hall–Kier alpha value is -2.23. The Morgan fingerprint density at radius 2 is 2.00 bits per heavy atom. The van der Waals surface area contributed by atoms with Crippen molar-refractivity contribution in [3.8, 4) is 0 Å². The molecule has 1 saturated heterocycles. The molecule has 196 valence electrons. The van der Waals surface area contributed by atoms with Crippen molar-refractivity contribution in [3.05, 3.63) is 46.2 Å². The lowest BCUT2D eigenvalue weighted by molar-refractivity contribution is 0.0980. The zero-order valence-electron chi connectivity index (χ0n) is 21.4. The lowest BCUT2D eigenvalue weighted by atomic mass is 9.76. The topological polar surface area (TPSA) is 113 Å². The van der Waals surface area contributed by atoms with E-state index in [1.165, 1.54) is 6.07 Å². The summed E-state index contributed by atoms with van der Waals surface area (Å²) in [5.74, 6) is 0.283. The van der Waals surface area contributed by atoms with Gasteiger partial charge in [0.15, 0.2) is 5.03 Å². The average Bonchev–Trinajstić information content (AvgIpc) is 3.15. The molecule has 3 N–H and O–H groups in total. The normalized spacial score (nSPS) is 20.5. The van der Waals surface area contributed by atoms with Crippen molar-refractivity contribution >= 4 is 33.3 Å². The summed E-state index contributed by atoms with van der Waals surface area (Å²) in [6.45, 7) is 10.3. The fourth-order valence-electron chi connectivity index (χ4n) is 5.30. The number of carbonyl (C=O) groups excluding carboxylic acids is 1. The molecule has 0 spiro atoms. The molecule has 10 heteroatoms. The smallest absolute Gasteiger partial charge is 0.281 e. The van der Waals surface area contributed by atoms with Gasteiger partial charge >= 0.3 is 0 Å². The van der Waals surface area contributed by atoms with Gasteiger partial charge in [0.05, 0.1) is 11.3 Å². The predicted molar refractivity (Wildman–Crippen MR) is 142 cm³/mol. The Kier molecular flexibility index (Phi) is 7.65. The molecule has 1 amide bonds. The second-order valence-electron chi connectivity index (χ2n) is 11.3. The highest BCUT2D eigenvalue weighted by Crippen LogP contribution is 2.37. The summed E-state index contributed by atoms with van der Waals surface area (Å²) in [4.78, 5) is 21.6. The highest BCUT2D eigenvalue weighted by atomic mass is 35.5. The van der Waals surface area contributed by atoms with E-state index in [4.69, 9.17) is 11.6 Å². The SMILES string of the molecule is CC1(C)C[C@H](CCCNc2cccc(S(=O)(=O)NC(=O)c3cc4c(nc3Cl)C(C)(C)CCC4)n2)CN1. The zero-order valence-corrected chi connectivity index (χ0v) is 23.0. The number of pyridine rings is 2. The number of nitrogens with zero attached hydrogens (tertiary/aromatic N) is 2. The Morgan fingerprint density at radius 3 is 2.72 bits per heavy atom. The third kappa shape index (κ3) is 6.18. The molecule has 1 fully saturated rings. The van der Waals surface area contributed by atoms with E-state index in [9.17, 15) is 13.2 Å². The van der Waals surface area contributed by atoms with Gasteiger partial charge in [0.1, 0.15) is 11.0 Å². The third-order valence-electron chi connectivity index (χ3n) is 7.18. The standard InChI is InChI=1S/C26H36ClN5O3S/c1-25(2)12-6-9-18-14-19(23(27)31-22(18)25)24(33)32-36(34,35)21-11-5-10-20(30-21)28-13-7-8-17-15-26(3,4)29-16-17/h5,10-11,14,17,29H,6-9,12-13,15-16H2,1-4H3,(H,28,30)(H,32,33)/t17-/m0/s1. The number of nitrogens with one attached hydrogen (secondary N) is 3. The molecule has 0 aromatic carbocycles. The Bertz CT molecular complexity index is 1250. The van der Waals surface area contributed by atoms with Crippen molar-refractivity contribution < 1.29 is 13.2 Å². The molecule has 2 aromatic rings. The molecular weight excluding hydrogens is 498 g/mol. The van der Waals surface area contributed by atoms with Gasteiger partial charge < -0.3 is 10.6 Å². The first-order valence-corrected chi connectivity index (χ1v) is 14.5. The summed E-state index contributed by atoms with van der Waals surface area (Å²) >= 11 is 6.32. The molecule has 1 aliphatic heterocycles. The minimum Gasteiger partial charge on any atom is -0.370 e. The summed E-state index contributed by atoms with van der Waals surface area (Å²) in [7, 11) is -4.19. The number of fused-ring (bicyclic) bond motifs is 1. The minimum atomic E-state index is -4.19. The van der Waals surface area contributed by atoms with Gasteiger partial charge in [-0.25, -0.2) is 14.7 Å². The first kappa shape index (κ1) is 26.8. The molecule has 4 rings (SSSR count). The van der Waals surface area contributed by atoms with E-state index < -0.39 is 15.9 Å². The maximum absolute atomic E-state index is 12.9.